The first-order chi connectivity index (χ1) is 5.76. The molecular formula is C9H18N2O. The molecule has 0 saturated heterocycles. The Hall–Kier alpha value is -0.560. The van der Waals surface area contributed by atoms with Crippen molar-refractivity contribution < 1.29 is 4.74 Å². The van der Waals surface area contributed by atoms with Crippen LogP contribution in [0.4, 0.5) is 0 Å². The molecule has 0 amide bonds. The molecule has 3 heteroatoms. The maximum absolute atomic E-state index is 5.21. The quantitative estimate of drug-likeness (QED) is 0.558. The van der Waals surface area contributed by atoms with Crippen LogP contribution in [0, 0.1) is 12.3 Å². The molecule has 0 aromatic rings. The minimum Gasteiger partial charge on any atom is -0.383 e. The molecule has 0 rings (SSSR count). The summed E-state index contributed by atoms with van der Waals surface area (Å²) in [4.78, 5) is 2.10. The van der Waals surface area contributed by atoms with Crippen molar-refractivity contribution in [3.05, 3.63) is 0 Å². The lowest BCUT2D eigenvalue weighted by molar-refractivity contribution is 0.114. The standard InChI is InChI=1S/C9H18N2O/c1-5-6-11(3)9(7-10-2)8-12-4/h1,9-10H,6-8H2,2-4H3. The van der Waals surface area contributed by atoms with Crippen LogP contribution in [0.25, 0.3) is 0 Å². The molecule has 0 bridgehead atoms. The van der Waals surface area contributed by atoms with Crippen LogP contribution < -0.4 is 5.32 Å². The predicted molar refractivity (Wildman–Crippen MR) is 51.1 cm³/mol. The highest BCUT2D eigenvalue weighted by Gasteiger charge is 2.11. The van der Waals surface area contributed by atoms with Gasteiger partial charge >= 0.3 is 0 Å². The van der Waals surface area contributed by atoms with Gasteiger partial charge in [0.15, 0.2) is 0 Å². The van der Waals surface area contributed by atoms with Gasteiger partial charge in [-0.1, -0.05) is 5.92 Å². The van der Waals surface area contributed by atoms with E-state index in [4.69, 9.17) is 11.2 Å². The summed E-state index contributed by atoms with van der Waals surface area (Å²) in [6.07, 6.45) is 5.21. The Bertz CT molecular complexity index is 136. The first kappa shape index (κ1) is 11.4. The fraction of sp³-hybridized carbons (Fsp3) is 0.778. The number of terminal acetylenes is 1. The van der Waals surface area contributed by atoms with Crippen LogP contribution in [-0.2, 0) is 4.74 Å². The average molecular weight is 170 g/mol. The Morgan fingerprint density at radius 2 is 2.33 bits per heavy atom. The number of rotatable bonds is 6. The molecule has 0 spiro atoms. The summed E-state index contributed by atoms with van der Waals surface area (Å²) in [5, 5.41) is 3.10. The number of ether oxygens (including phenoxy) is 1. The molecule has 12 heavy (non-hydrogen) atoms. The Labute approximate surface area is 75.1 Å². The lowest BCUT2D eigenvalue weighted by Gasteiger charge is -2.25. The zero-order valence-electron chi connectivity index (χ0n) is 8.13. The zero-order valence-corrected chi connectivity index (χ0v) is 8.13. The second-order valence-corrected chi connectivity index (χ2v) is 2.79. The van der Waals surface area contributed by atoms with Gasteiger partial charge in [0.25, 0.3) is 0 Å². The van der Waals surface area contributed by atoms with Crippen molar-refractivity contribution in [2.45, 2.75) is 6.04 Å². The van der Waals surface area contributed by atoms with Crippen molar-refractivity contribution in [1.29, 1.82) is 0 Å². The minimum absolute atomic E-state index is 0.357. The molecule has 0 aromatic carbocycles. The van der Waals surface area contributed by atoms with Crippen LogP contribution in [0.1, 0.15) is 0 Å². The Kier molecular flexibility index (Phi) is 6.78. The third kappa shape index (κ3) is 4.35. The maximum atomic E-state index is 5.21. The second-order valence-electron chi connectivity index (χ2n) is 2.79. The van der Waals surface area contributed by atoms with Gasteiger partial charge in [0.05, 0.1) is 13.2 Å². The van der Waals surface area contributed by atoms with Crippen LogP contribution in [0.15, 0.2) is 0 Å². The highest BCUT2D eigenvalue weighted by Crippen LogP contribution is 1.94. The number of nitrogens with zero attached hydrogens (tertiary/aromatic N) is 1. The highest BCUT2D eigenvalue weighted by atomic mass is 16.5. The van der Waals surface area contributed by atoms with E-state index in [1.54, 1.807) is 7.11 Å². The van der Waals surface area contributed by atoms with Gasteiger partial charge in [-0.15, -0.1) is 6.42 Å². The van der Waals surface area contributed by atoms with Gasteiger partial charge in [0.2, 0.25) is 0 Å². The SMILES string of the molecule is C#CCN(C)C(CNC)COC. The first-order valence-corrected chi connectivity index (χ1v) is 4.03. The van der Waals surface area contributed by atoms with Crippen molar-refractivity contribution in [3.63, 3.8) is 0 Å². The number of nitrogens with one attached hydrogen (secondary N) is 1. The third-order valence-electron chi connectivity index (χ3n) is 1.76. The van der Waals surface area contributed by atoms with E-state index in [0.29, 0.717) is 19.2 Å². The van der Waals surface area contributed by atoms with Crippen molar-refractivity contribution in [3.8, 4) is 12.3 Å². The summed E-state index contributed by atoms with van der Waals surface area (Å²) in [5.41, 5.74) is 0. The van der Waals surface area contributed by atoms with Crippen LogP contribution in [0.2, 0.25) is 0 Å². The summed E-state index contributed by atoms with van der Waals surface area (Å²) in [5.74, 6) is 2.61. The van der Waals surface area contributed by atoms with Gasteiger partial charge < -0.3 is 10.1 Å². The van der Waals surface area contributed by atoms with Gasteiger partial charge in [0.1, 0.15) is 0 Å². The van der Waals surface area contributed by atoms with Gasteiger partial charge in [-0.2, -0.15) is 0 Å². The van der Waals surface area contributed by atoms with Crippen LogP contribution in [0.3, 0.4) is 0 Å². The lowest BCUT2D eigenvalue weighted by Crippen LogP contribution is -2.42. The monoisotopic (exact) mass is 170 g/mol. The normalized spacial score (nSPS) is 12.9. The van der Waals surface area contributed by atoms with Gasteiger partial charge in [0, 0.05) is 19.7 Å². The number of likely N-dealkylation sites (N-methyl/N-ethyl adjacent to an activating group) is 2. The molecule has 0 aromatic heterocycles. The molecule has 1 unspecified atom stereocenters. The predicted octanol–water partition coefficient (Wildman–Crippen LogP) is -0.214. The van der Waals surface area contributed by atoms with Gasteiger partial charge in [-0.05, 0) is 14.1 Å². The second kappa shape index (κ2) is 7.11. The molecule has 0 radical (unpaired) electrons. The Morgan fingerprint density at radius 3 is 2.75 bits per heavy atom. The Morgan fingerprint density at radius 1 is 1.67 bits per heavy atom. The van der Waals surface area contributed by atoms with Gasteiger partial charge in [-0.25, -0.2) is 0 Å². The van der Waals surface area contributed by atoms with Crippen molar-refractivity contribution in [1.82, 2.24) is 10.2 Å². The fourth-order valence-electron chi connectivity index (χ4n) is 1.04. The zero-order chi connectivity index (χ0) is 9.40. The molecule has 70 valence electrons. The van der Waals surface area contributed by atoms with E-state index in [0.717, 1.165) is 6.54 Å². The van der Waals surface area contributed by atoms with Crippen LogP contribution in [0.5, 0.6) is 0 Å². The highest BCUT2D eigenvalue weighted by molar-refractivity contribution is 4.89. The van der Waals surface area contributed by atoms with Gasteiger partial charge in [-0.3, -0.25) is 4.90 Å². The molecule has 1 atom stereocenters. The van der Waals surface area contributed by atoms with E-state index in [2.05, 4.69) is 16.1 Å². The maximum Gasteiger partial charge on any atom is 0.0630 e. The summed E-state index contributed by atoms with van der Waals surface area (Å²) < 4.78 is 5.07. The molecule has 0 aliphatic heterocycles. The Balaban J connectivity index is 3.82. The van der Waals surface area contributed by atoms with Crippen LogP contribution in [-0.4, -0.2) is 51.8 Å². The van der Waals surface area contributed by atoms with Crippen LogP contribution >= 0.6 is 0 Å². The number of hydrogen-bond donors (Lipinski definition) is 1. The van der Waals surface area contributed by atoms with E-state index in [9.17, 15) is 0 Å². The third-order valence-corrected chi connectivity index (χ3v) is 1.76. The lowest BCUT2D eigenvalue weighted by atomic mass is 10.3. The van der Waals surface area contributed by atoms with E-state index >= 15 is 0 Å². The van der Waals surface area contributed by atoms with E-state index in [-0.39, 0.29) is 0 Å². The molecule has 0 fully saturated rings. The van der Waals surface area contributed by atoms with E-state index < -0.39 is 0 Å². The average Bonchev–Trinajstić information content (AvgIpc) is 2.04. The molecule has 1 N–H and O–H groups in total. The molecule has 0 aliphatic carbocycles. The molecular weight excluding hydrogens is 152 g/mol. The summed E-state index contributed by atoms with van der Waals surface area (Å²) in [6, 6.07) is 0.357. The van der Waals surface area contributed by atoms with Crippen molar-refractivity contribution >= 4 is 0 Å². The molecule has 3 nitrogen and oxygen atoms in total. The van der Waals surface area contributed by atoms with Crippen molar-refractivity contribution in [2.24, 2.45) is 0 Å². The molecule has 0 saturated carbocycles. The molecule has 0 heterocycles. The number of hydrogen-bond acceptors (Lipinski definition) is 3. The summed E-state index contributed by atoms with van der Waals surface area (Å²) >= 11 is 0. The molecule has 0 aliphatic rings. The number of methoxy groups -OCH3 is 1. The first-order valence-electron chi connectivity index (χ1n) is 4.03. The van der Waals surface area contributed by atoms with E-state index in [1.165, 1.54) is 0 Å². The topological polar surface area (TPSA) is 24.5 Å². The fourth-order valence-corrected chi connectivity index (χ4v) is 1.04. The smallest absolute Gasteiger partial charge is 0.0630 e. The summed E-state index contributed by atoms with van der Waals surface area (Å²) in [6.45, 7) is 2.26. The van der Waals surface area contributed by atoms with Crippen molar-refractivity contribution in [2.75, 3.05) is 40.9 Å². The van der Waals surface area contributed by atoms with E-state index in [1.807, 2.05) is 14.1 Å². The minimum atomic E-state index is 0.357. The largest absolute Gasteiger partial charge is 0.383 e. The summed E-state index contributed by atoms with van der Waals surface area (Å²) in [7, 11) is 5.62.